The van der Waals surface area contributed by atoms with E-state index in [0.717, 1.165) is 37.1 Å². The van der Waals surface area contributed by atoms with Crippen LogP contribution >= 0.6 is 0 Å². The number of aryl methyl sites for hydroxylation is 2. The Morgan fingerprint density at radius 2 is 1.95 bits per heavy atom. The number of hydrogen-bond donors (Lipinski definition) is 1. The number of nitrogens with two attached hydrogens (primary N) is 1. The largest absolute Gasteiger partial charge is 0.398 e. The molecule has 1 heterocycles. The normalized spacial score (nSPS) is 14.4. The summed E-state index contributed by atoms with van der Waals surface area (Å²) in [5, 5.41) is 0. The lowest BCUT2D eigenvalue weighted by Crippen LogP contribution is -2.32. The Labute approximate surface area is 125 Å². The van der Waals surface area contributed by atoms with Crippen LogP contribution in [0.2, 0.25) is 0 Å². The number of nitrogens with zero attached hydrogens (tertiary/aromatic N) is 1. The van der Waals surface area contributed by atoms with E-state index in [0.29, 0.717) is 11.3 Å². The van der Waals surface area contributed by atoms with Gasteiger partial charge in [-0.1, -0.05) is 24.3 Å². The van der Waals surface area contributed by atoms with E-state index < -0.39 is 0 Å². The summed E-state index contributed by atoms with van der Waals surface area (Å²) in [5.41, 5.74) is 10.5. The number of carbonyl (C=O) groups is 1. The van der Waals surface area contributed by atoms with Crippen molar-refractivity contribution in [2.75, 3.05) is 17.2 Å². The second-order valence-corrected chi connectivity index (χ2v) is 5.63. The molecule has 2 N–H and O–H groups in total. The highest BCUT2D eigenvalue weighted by molar-refractivity contribution is 6.09. The number of anilines is 2. The Morgan fingerprint density at radius 1 is 1.14 bits per heavy atom. The Balaban J connectivity index is 2.01. The summed E-state index contributed by atoms with van der Waals surface area (Å²) in [4.78, 5) is 14.8. The molecule has 2 aromatic rings. The SMILES string of the molecule is Cc1ccc(C(=O)N2CCCCc3ccccc32)c(N)c1. The van der Waals surface area contributed by atoms with Crippen molar-refractivity contribution in [3.05, 3.63) is 59.2 Å². The Morgan fingerprint density at radius 3 is 2.76 bits per heavy atom. The lowest BCUT2D eigenvalue weighted by atomic mass is 10.1. The van der Waals surface area contributed by atoms with E-state index in [1.54, 1.807) is 0 Å². The summed E-state index contributed by atoms with van der Waals surface area (Å²) in [6, 6.07) is 13.8. The first-order valence-electron chi connectivity index (χ1n) is 7.43. The van der Waals surface area contributed by atoms with Crippen LogP contribution in [0.25, 0.3) is 0 Å². The molecule has 108 valence electrons. The first-order valence-corrected chi connectivity index (χ1v) is 7.43. The fourth-order valence-corrected chi connectivity index (χ4v) is 2.92. The summed E-state index contributed by atoms with van der Waals surface area (Å²) in [5.74, 6) is 0.00171. The van der Waals surface area contributed by atoms with Crippen LogP contribution < -0.4 is 10.6 Å². The van der Waals surface area contributed by atoms with E-state index in [-0.39, 0.29) is 5.91 Å². The van der Waals surface area contributed by atoms with Crippen molar-refractivity contribution in [2.24, 2.45) is 0 Å². The predicted molar refractivity (Wildman–Crippen MR) is 86.6 cm³/mol. The van der Waals surface area contributed by atoms with Crippen LogP contribution in [0.4, 0.5) is 11.4 Å². The average molecular weight is 280 g/mol. The molecule has 3 nitrogen and oxygen atoms in total. The lowest BCUT2D eigenvalue weighted by Gasteiger charge is -2.23. The molecule has 0 atom stereocenters. The van der Waals surface area contributed by atoms with Crippen LogP contribution in [0.3, 0.4) is 0 Å². The zero-order chi connectivity index (χ0) is 14.8. The highest BCUT2D eigenvalue weighted by Crippen LogP contribution is 2.28. The lowest BCUT2D eigenvalue weighted by molar-refractivity contribution is 0.0988. The maximum absolute atomic E-state index is 12.9. The van der Waals surface area contributed by atoms with Crippen molar-refractivity contribution in [3.8, 4) is 0 Å². The van der Waals surface area contributed by atoms with Crippen LogP contribution in [0.15, 0.2) is 42.5 Å². The van der Waals surface area contributed by atoms with Gasteiger partial charge in [-0.3, -0.25) is 4.79 Å². The van der Waals surface area contributed by atoms with Crippen LogP contribution in [-0.2, 0) is 6.42 Å². The number of benzene rings is 2. The van der Waals surface area contributed by atoms with Crippen molar-refractivity contribution in [2.45, 2.75) is 26.2 Å². The molecular formula is C18H20N2O. The first-order chi connectivity index (χ1) is 10.2. The van der Waals surface area contributed by atoms with Gasteiger partial charge in [0.25, 0.3) is 5.91 Å². The minimum absolute atomic E-state index is 0.00171. The summed E-state index contributed by atoms with van der Waals surface area (Å²) in [6.07, 6.45) is 3.17. The first kappa shape index (κ1) is 13.7. The summed E-state index contributed by atoms with van der Waals surface area (Å²) in [7, 11) is 0. The maximum atomic E-state index is 12.9. The van der Waals surface area contributed by atoms with E-state index in [9.17, 15) is 4.79 Å². The van der Waals surface area contributed by atoms with E-state index in [1.165, 1.54) is 5.56 Å². The van der Waals surface area contributed by atoms with E-state index in [1.807, 2.05) is 48.2 Å². The molecule has 0 radical (unpaired) electrons. The smallest absolute Gasteiger partial charge is 0.260 e. The zero-order valence-electron chi connectivity index (χ0n) is 12.3. The minimum Gasteiger partial charge on any atom is -0.398 e. The molecule has 3 rings (SSSR count). The Bertz CT molecular complexity index is 679. The topological polar surface area (TPSA) is 46.3 Å². The van der Waals surface area contributed by atoms with Gasteiger partial charge in [-0.15, -0.1) is 0 Å². The fraction of sp³-hybridized carbons (Fsp3) is 0.278. The van der Waals surface area contributed by atoms with Gasteiger partial charge in [-0.25, -0.2) is 0 Å². The van der Waals surface area contributed by atoms with Gasteiger partial charge in [0.05, 0.1) is 5.56 Å². The molecule has 0 saturated heterocycles. The molecule has 0 aromatic heterocycles. The minimum atomic E-state index is 0.00171. The van der Waals surface area contributed by atoms with Gasteiger partial charge in [0.15, 0.2) is 0 Å². The van der Waals surface area contributed by atoms with Gasteiger partial charge in [0, 0.05) is 17.9 Å². The van der Waals surface area contributed by atoms with Gasteiger partial charge in [-0.05, 0) is 55.5 Å². The van der Waals surface area contributed by atoms with Crippen LogP contribution in [0.5, 0.6) is 0 Å². The second kappa shape index (κ2) is 5.60. The van der Waals surface area contributed by atoms with Crippen molar-refractivity contribution in [1.82, 2.24) is 0 Å². The van der Waals surface area contributed by atoms with Crippen molar-refractivity contribution in [1.29, 1.82) is 0 Å². The van der Waals surface area contributed by atoms with E-state index in [4.69, 9.17) is 5.73 Å². The molecule has 0 aliphatic carbocycles. The third-order valence-corrected chi connectivity index (χ3v) is 4.04. The zero-order valence-corrected chi connectivity index (χ0v) is 12.3. The maximum Gasteiger partial charge on any atom is 0.260 e. The number of nitrogen functional groups attached to an aromatic ring is 1. The molecular weight excluding hydrogens is 260 g/mol. The van der Waals surface area contributed by atoms with Gasteiger partial charge >= 0.3 is 0 Å². The Kier molecular flexibility index (Phi) is 3.65. The number of carbonyl (C=O) groups excluding carboxylic acids is 1. The number of amides is 1. The predicted octanol–water partition coefficient (Wildman–Crippen LogP) is 3.56. The Hall–Kier alpha value is -2.29. The molecule has 1 aliphatic rings. The van der Waals surface area contributed by atoms with E-state index >= 15 is 0 Å². The molecule has 1 aliphatic heterocycles. The third-order valence-electron chi connectivity index (χ3n) is 4.04. The molecule has 0 bridgehead atoms. The third kappa shape index (κ3) is 2.64. The fourth-order valence-electron chi connectivity index (χ4n) is 2.92. The van der Waals surface area contributed by atoms with Gasteiger partial charge < -0.3 is 10.6 Å². The molecule has 0 saturated carbocycles. The van der Waals surface area contributed by atoms with Crippen LogP contribution in [0, 0.1) is 6.92 Å². The molecule has 21 heavy (non-hydrogen) atoms. The molecule has 2 aromatic carbocycles. The molecule has 3 heteroatoms. The van der Waals surface area contributed by atoms with Crippen molar-refractivity contribution < 1.29 is 4.79 Å². The number of rotatable bonds is 1. The van der Waals surface area contributed by atoms with Gasteiger partial charge in [-0.2, -0.15) is 0 Å². The van der Waals surface area contributed by atoms with Gasteiger partial charge in [0.2, 0.25) is 0 Å². The van der Waals surface area contributed by atoms with Crippen molar-refractivity contribution in [3.63, 3.8) is 0 Å². The van der Waals surface area contributed by atoms with Crippen molar-refractivity contribution >= 4 is 17.3 Å². The second-order valence-electron chi connectivity index (χ2n) is 5.63. The quantitative estimate of drug-likeness (QED) is 0.812. The molecule has 0 fully saturated rings. The average Bonchev–Trinajstić information content (AvgIpc) is 2.69. The van der Waals surface area contributed by atoms with Crippen LogP contribution in [-0.4, -0.2) is 12.5 Å². The molecule has 1 amide bonds. The molecule has 0 spiro atoms. The number of fused-ring (bicyclic) bond motifs is 1. The highest BCUT2D eigenvalue weighted by atomic mass is 16.2. The number of hydrogen-bond acceptors (Lipinski definition) is 2. The monoisotopic (exact) mass is 280 g/mol. The summed E-state index contributed by atoms with van der Waals surface area (Å²) < 4.78 is 0. The number of para-hydroxylation sites is 1. The standard InChI is InChI=1S/C18H20N2O/c1-13-9-10-15(16(19)12-13)18(21)20-11-5-4-7-14-6-2-3-8-17(14)20/h2-3,6,8-10,12H,4-5,7,11,19H2,1H3. The van der Waals surface area contributed by atoms with E-state index in [2.05, 4.69) is 6.07 Å². The summed E-state index contributed by atoms with van der Waals surface area (Å²) >= 11 is 0. The molecule has 0 unspecified atom stereocenters. The summed E-state index contributed by atoms with van der Waals surface area (Å²) in [6.45, 7) is 2.73. The van der Waals surface area contributed by atoms with Gasteiger partial charge in [0.1, 0.15) is 0 Å². The highest BCUT2D eigenvalue weighted by Gasteiger charge is 2.23. The van der Waals surface area contributed by atoms with Crippen LogP contribution in [0.1, 0.15) is 34.3 Å².